The fraction of sp³-hybridized carbons (Fsp3) is 0.933. The number of aliphatic hydroxyl groups excluding tert-OH is 1. The lowest BCUT2D eigenvalue weighted by molar-refractivity contribution is -0.134. The summed E-state index contributed by atoms with van der Waals surface area (Å²) in [7, 11) is 0. The molecule has 3 N–H and O–H groups in total. The monoisotopic (exact) mass is 270 g/mol. The normalized spacial score (nSPS) is 22.1. The number of carbonyl (C=O) groups is 1. The quantitative estimate of drug-likeness (QED) is 0.742. The molecule has 112 valence electrons. The highest BCUT2D eigenvalue weighted by molar-refractivity contribution is 5.76. The number of rotatable bonds is 7. The van der Waals surface area contributed by atoms with E-state index in [1.807, 2.05) is 4.90 Å². The molecule has 1 rings (SSSR count). The minimum Gasteiger partial charge on any atom is -0.394 e. The second-order valence-corrected chi connectivity index (χ2v) is 5.66. The Balaban J connectivity index is 2.45. The molecule has 1 heterocycles. The molecular formula is C15H30N2O2. The van der Waals surface area contributed by atoms with Crippen LogP contribution in [0.3, 0.4) is 0 Å². The van der Waals surface area contributed by atoms with Crippen molar-refractivity contribution in [1.29, 1.82) is 0 Å². The number of amides is 1. The minimum absolute atomic E-state index is 0.0459. The summed E-state index contributed by atoms with van der Waals surface area (Å²) in [5, 5.41) is 9.43. The first-order chi connectivity index (χ1) is 9.22. The van der Waals surface area contributed by atoms with E-state index >= 15 is 0 Å². The maximum Gasteiger partial charge on any atom is 0.222 e. The van der Waals surface area contributed by atoms with E-state index in [1.165, 1.54) is 6.42 Å². The third kappa shape index (κ3) is 5.49. The van der Waals surface area contributed by atoms with Gasteiger partial charge in [-0.1, -0.05) is 26.2 Å². The smallest absolute Gasteiger partial charge is 0.222 e. The van der Waals surface area contributed by atoms with Gasteiger partial charge < -0.3 is 15.7 Å². The first-order valence-corrected chi connectivity index (χ1v) is 7.83. The fourth-order valence-electron chi connectivity index (χ4n) is 2.95. The highest BCUT2D eigenvalue weighted by atomic mass is 16.3. The first kappa shape index (κ1) is 16.4. The van der Waals surface area contributed by atoms with Crippen LogP contribution in [0.15, 0.2) is 0 Å². The van der Waals surface area contributed by atoms with Gasteiger partial charge >= 0.3 is 0 Å². The van der Waals surface area contributed by atoms with E-state index < -0.39 is 0 Å². The zero-order valence-corrected chi connectivity index (χ0v) is 12.3. The van der Waals surface area contributed by atoms with Crippen molar-refractivity contribution in [2.45, 2.75) is 64.3 Å². The van der Waals surface area contributed by atoms with Crippen molar-refractivity contribution in [1.82, 2.24) is 4.90 Å². The van der Waals surface area contributed by atoms with Gasteiger partial charge in [-0.3, -0.25) is 4.79 Å². The molecule has 2 unspecified atom stereocenters. The van der Waals surface area contributed by atoms with E-state index in [1.54, 1.807) is 0 Å². The molecule has 4 nitrogen and oxygen atoms in total. The molecule has 1 saturated heterocycles. The van der Waals surface area contributed by atoms with Crippen molar-refractivity contribution < 1.29 is 9.90 Å². The van der Waals surface area contributed by atoms with E-state index in [9.17, 15) is 9.90 Å². The number of aliphatic hydroxyl groups is 1. The van der Waals surface area contributed by atoms with E-state index in [0.717, 1.165) is 45.1 Å². The van der Waals surface area contributed by atoms with Gasteiger partial charge in [-0.05, 0) is 38.1 Å². The van der Waals surface area contributed by atoms with Gasteiger partial charge in [0.1, 0.15) is 0 Å². The number of carbonyl (C=O) groups excluding carboxylic acids is 1. The lowest BCUT2D eigenvalue weighted by atomic mass is 9.96. The molecule has 0 saturated carbocycles. The molecule has 4 heteroatoms. The summed E-state index contributed by atoms with van der Waals surface area (Å²) in [5.74, 6) is 0.782. The molecule has 19 heavy (non-hydrogen) atoms. The Labute approximate surface area is 117 Å². The summed E-state index contributed by atoms with van der Waals surface area (Å²) in [6.07, 6.45) is 7.95. The van der Waals surface area contributed by atoms with Crippen LogP contribution >= 0.6 is 0 Å². The lowest BCUT2D eigenvalue weighted by Gasteiger charge is -2.29. The van der Waals surface area contributed by atoms with Crippen molar-refractivity contribution in [3.8, 4) is 0 Å². The predicted molar refractivity (Wildman–Crippen MR) is 77.7 cm³/mol. The summed E-state index contributed by atoms with van der Waals surface area (Å²) in [4.78, 5) is 14.2. The van der Waals surface area contributed by atoms with Gasteiger partial charge in [0.15, 0.2) is 0 Å². The molecule has 0 aliphatic carbocycles. The molecule has 1 fully saturated rings. The van der Waals surface area contributed by atoms with Crippen molar-refractivity contribution in [2.75, 3.05) is 19.7 Å². The summed E-state index contributed by atoms with van der Waals surface area (Å²) in [6.45, 7) is 3.78. The van der Waals surface area contributed by atoms with Crippen LogP contribution in [-0.2, 0) is 4.79 Å². The van der Waals surface area contributed by atoms with Gasteiger partial charge in [0, 0.05) is 13.0 Å². The van der Waals surface area contributed by atoms with Gasteiger partial charge in [0.25, 0.3) is 0 Å². The maximum atomic E-state index is 12.3. The average molecular weight is 270 g/mol. The van der Waals surface area contributed by atoms with Gasteiger partial charge in [-0.15, -0.1) is 0 Å². The van der Waals surface area contributed by atoms with Crippen LogP contribution in [0.25, 0.3) is 0 Å². The topological polar surface area (TPSA) is 66.6 Å². The fourth-order valence-corrected chi connectivity index (χ4v) is 2.95. The van der Waals surface area contributed by atoms with Crippen LogP contribution in [0.4, 0.5) is 0 Å². The first-order valence-electron chi connectivity index (χ1n) is 7.83. The van der Waals surface area contributed by atoms with Crippen LogP contribution < -0.4 is 5.73 Å². The molecule has 1 amide bonds. The van der Waals surface area contributed by atoms with Crippen LogP contribution in [0.1, 0.15) is 58.3 Å². The second-order valence-electron chi connectivity index (χ2n) is 5.66. The largest absolute Gasteiger partial charge is 0.394 e. The molecule has 1 aliphatic heterocycles. The molecule has 0 aromatic heterocycles. The number of likely N-dealkylation sites (tertiary alicyclic amines) is 1. The third-order valence-electron chi connectivity index (χ3n) is 4.33. The minimum atomic E-state index is 0.0459. The third-order valence-corrected chi connectivity index (χ3v) is 4.33. The molecule has 0 radical (unpaired) electrons. The van der Waals surface area contributed by atoms with E-state index in [0.29, 0.717) is 18.9 Å². The molecule has 0 aromatic carbocycles. The van der Waals surface area contributed by atoms with Crippen LogP contribution in [-0.4, -0.2) is 41.7 Å². The Kier molecular flexibility index (Phi) is 8.07. The molecule has 0 bridgehead atoms. The number of nitrogens with two attached hydrogens (primary N) is 1. The van der Waals surface area contributed by atoms with E-state index in [-0.39, 0.29) is 18.6 Å². The summed E-state index contributed by atoms with van der Waals surface area (Å²) in [5.41, 5.74) is 5.59. The number of hydrogen-bond acceptors (Lipinski definition) is 3. The Morgan fingerprint density at radius 1 is 1.37 bits per heavy atom. The number of nitrogens with zero attached hydrogens (tertiary/aromatic N) is 1. The van der Waals surface area contributed by atoms with Gasteiger partial charge in [-0.25, -0.2) is 0 Å². The SMILES string of the molecule is CCC(CCN)CCC(=O)N1CCCCCC1CO. The van der Waals surface area contributed by atoms with Crippen LogP contribution in [0, 0.1) is 5.92 Å². The van der Waals surface area contributed by atoms with Gasteiger partial charge in [0.2, 0.25) is 5.91 Å². The Morgan fingerprint density at radius 3 is 2.79 bits per heavy atom. The van der Waals surface area contributed by atoms with Crippen molar-refractivity contribution >= 4 is 5.91 Å². The number of hydrogen-bond donors (Lipinski definition) is 2. The van der Waals surface area contributed by atoms with Crippen molar-refractivity contribution in [2.24, 2.45) is 11.7 Å². The Hall–Kier alpha value is -0.610. The van der Waals surface area contributed by atoms with E-state index in [4.69, 9.17) is 5.73 Å². The molecular weight excluding hydrogens is 240 g/mol. The molecule has 2 atom stereocenters. The summed E-state index contributed by atoms with van der Waals surface area (Å²) >= 11 is 0. The Bertz CT molecular complexity index is 259. The maximum absolute atomic E-state index is 12.3. The highest BCUT2D eigenvalue weighted by Gasteiger charge is 2.24. The summed E-state index contributed by atoms with van der Waals surface area (Å²) < 4.78 is 0. The van der Waals surface area contributed by atoms with Gasteiger partial charge in [0.05, 0.1) is 12.6 Å². The van der Waals surface area contributed by atoms with E-state index in [2.05, 4.69) is 6.92 Å². The molecule has 0 aromatic rings. The van der Waals surface area contributed by atoms with Crippen molar-refractivity contribution in [3.05, 3.63) is 0 Å². The molecule has 1 aliphatic rings. The van der Waals surface area contributed by atoms with Crippen molar-refractivity contribution in [3.63, 3.8) is 0 Å². The lowest BCUT2D eigenvalue weighted by Crippen LogP contribution is -2.42. The Morgan fingerprint density at radius 2 is 2.16 bits per heavy atom. The zero-order chi connectivity index (χ0) is 14.1. The average Bonchev–Trinajstić information content (AvgIpc) is 2.68. The van der Waals surface area contributed by atoms with Crippen LogP contribution in [0.5, 0.6) is 0 Å². The van der Waals surface area contributed by atoms with Crippen LogP contribution in [0.2, 0.25) is 0 Å². The predicted octanol–water partition coefficient (Wildman–Crippen LogP) is 1.91. The van der Waals surface area contributed by atoms with Gasteiger partial charge in [-0.2, -0.15) is 0 Å². The summed E-state index contributed by atoms with van der Waals surface area (Å²) in [6, 6.07) is 0.0459. The standard InChI is InChI=1S/C15H30N2O2/c1-2-13(9-10-16)7-8-15(19)17-11-5-3-4-6-14(17)12-18/h13-14,18H,2-12,16H2,1H3. The molecule has 0 spiro atoms. The zero-order valence-electron chi connectivity index (χ0n) is 12.3. The second kappa shape index (κ2) is 9.32. The highest BCUT2D eigenvalue weighted by Crippen LogP contribution is 2.20.